The fourth-order valence-corrected chi connectivity index (χ4v) is 3.53. The summed E-state index contributed by atoms with van der Waals surface area (Å²) in [6.07, 6.45) is 2.64. The van der Waals surface area contributed by atoms with Gasteiger partial charge in [0.2, 0.25) is 5.91 Å². The second-order valence-corrected chi connectivity index (χ2v) is 6.79. The maximum atomic E-state index is 12.6. The van der Waals surface area contributed by atoms with Crippen LogP contribution in [0.4, 0.5) is 5.69 Å². The van der Waals surface area contributed by atoms with Crippen LogP contribution >= 0.6 is 11.3 Å². The van der Waals surface area contributed by atoms with E-state index in [1.807, 2.05) is 48.7 Å². The Bertz CT molecular complexity index is 680. The average Bonchev–Trinajstić information content (AvgIpc) is 3.11. The van der Waals surface area contributed by atoms with Crippen LogP contribution < -0.4 is 5.32 Å². The Hall–Kier alpha value is -2.14. The fraction of sp³-hybridized carbons (Fsp3) is 0.333. The molecular formula is C18H20N2O2S. The van der Waals surface area contributed by atoms with Crippen LogP contribution in [0.5, 0.6) is 0 Å². The van der Waals surface area contributed by atoms with Crippen molar-refractivity contribution in [3.8, 4) is 0 Å². The van der Waals surface area contributed by atoms with Crippen molar-refractivity contribution < 1.29 is 9.59 Å². The highest BCUT2D eigenvalue weighted by atomic mass is 32.1. The maximum Gasteiger partial charge on any atom is 0.264 e. The zero-order valence-corrected chi connectivity index (χ0v) is 13.9. The molecule has 0 radical (unpaired) electrons. The minimum absolute atomic E-state index is 0.0382. The molecule has 1 saturated heterocycles. The molecule has 120 valence electrons. The van der Waals surface area contributed by atoms with Gasteiger partial charge in [0.15, 0.2) is 0 Å². The summed E-state index contributed by atoms with van der Waals surface area (Å²) >= 11 is 1.42. The van der Waals surface area contributed by atoms with Crippen LogP contribution in [0.15, 0.2) is 41.8 Å². The molecule has 1 N–H and O–H groups in total. The lowest BCUT2D eigenvalue weighted by atomic mass is 10.0. The predicted octanol–water partition coefficient (Wildman–Crippen LogP) is 3.69. The molecule has 4 nitrogen and oxygen atoms in total. The molecule has 2 aromatic rings. The van der Waals surface area contributed by atoms with Crippen molar-refractivity contribution in [3.63, 3.8) is 0 Å². The number of carbonyl (C=O) groups excluding carboxylic acids is 2. The van der Waals surface area contributed by atoms with Gasteiger partial charge in [-0.1, -0.05) is 23.8 Å². The monoisotopic (exact) mass is 328 g/mol. The molecule has 0 saturated carbocycles. The van der Waals surface area contributed by atoms with Gasteiger partial charge in [0.1, 0.15) is 6.04 Å². The first-order valence-corrected chi connectivity index (χ1v) is 8.75. The van der Waals surface area contributed by atoms with E-state index in [1.54, 1.807) is 4.90 Å². The number of piperidine rings is 1. The van der Waals surface area contributed by atoms with Crippen molar-refractivity contribution in [2.24, 2.45) is 0 Å². The molecule has 1 atom stereocenters. The van der Waals surface area contributed by atoms with Crippen molar-refractivity contribution in [1.29, 1.82) is 0 Å². The Labute approximate surface area is 140 Å². The number of hydrogen-bond acceptors (Lipinski definition) is 3. The van der Waals surface area contributed by atoms with Crippen LogP contribution in [0.3, 0.4) is 0 Å². The van der Waals surface area contributed by atoms with Gasteiger partial charge in [0.05, 0.1) is 4.88 Å². The molecule has 0 spiro atoms. The summed E-state index contributed by atoms with van der Waals surface area (Å²) in [4.78, 5) is 27.7. The first-order valence-electron chi connectivity index (χ1n) is 7.87. The van der Waals surface area contributed by atoms with Gasteiger partial charge in [0.25, 0.3) is 5.91 Å². The van der Waals surface area contributed by atoms with Gasteiger partial charge in [0, 0.05) is 12.2 Å². The number of likely N-dealkylation sites (tertiary alicyclic amines) is 1. The summed E-state index contributed by atoms with van der Waals surface area (Å²) in [6, 6.07) is 11.0. The smallest absolute Gasteiger partial charge is 0.264 e. The van der Waals surface area contributed by atoms with E-state index in [-0.39, 0.29) is 17.9 Å². The van der Waals surface area contributed by atoms with E-state index in [2.05, 4.69) is 5.32 Å². The Morgan fingerprint density at radius 1 is 1.17 bits per heavy atom. The third-order valence-corrected chi connectivity index (χ3v) is 4.98. The zero-order chi connectivity index (χ0) is 16.2. The molecule has 23 heavy (non-hydrogen) atoms. The van der Waals surface area contributed by atoms with E-state index in [4.69, 9.17) is 0 Å². The third kappa shape index (κ3) is 3.62. The molecule has 1 aromatic heterocycles. The lowest BCUT2D eigenvalue weighted by molar-refractivity contribution is -0.121. The highest BCUT2D eigenvalue weighted by molar-refractivity contribution is 7.12. The Morgan fingerprint density at radius 3 is 2.65 bits per heavy atom. The summed E-state index contributed by atoms with van der Waals surface area (Å²) in [5, 5.41) is 4.83. The SMILES string of the molecule is Cc1ccc(NC(=O)[C@H]2CCCCN2C(=O)c2cccs2)cc1. The van der Waals surface area contributed by atoms with Gasteiger partial charge in [-0.2, -0.15) is 0 Å². The summed E-state index contributed by atoms with van der Waals surface area (Å²) in [6.45, 7) is 2.65. The van der Waals surface area contributed by atoms with E-state index >= 15 is 0 Å². The molecule has 0 unspecified atom stereocenters. The van der Waals surface area contributed by atoms with Crippen LogP contribution in [-0.2, 0) is 4.79 Å². The standard InChI is InChI=1S/C18H20N2O2S/c1-13-7-9-14(10-8-13)19-17(21)15-5-2-3-11-20(15)18(22)16-6-4-12-23-16/h4,6-10,12,15H,2-3,5,11H2,1H3,(H,19,21)/t15-/m1/s1. The van der Waals surface area contributed by atoms with Gasteiger partial charge >= 0.3 is 0 Å². The fourth-order valence-electron chi connectivity index (χ4n) is 2.85. The highest BCUT2D eigenvalue weighted by Gasteiger charge is 2.32. The molecule has 2 amide bonds. The number of carbonyl (C=O) groups is 2. The van der Waals surface area contributed by atoms with Crippen LogP contribution in [0.25, 0.3) is 0 Å². The lowest BCUT2D eigenvalue weighted by Crippen LogP contribution is -2.49. The number of hydrogen-bond donors (Lipinski definition) is 1. The van der Waals surface area contributed by atoms with Crippen molar-refractivity contribution in [2.75, 3.05) is 11.9 Å². The van der Waals surface area contributed by atoms with Crippen molar-refractivity contribution in [3.05, 3.63) is 52.2 Å². The molecule has 2 heterocycles. The van der Waals surface area contributed by atoms with E-state index < -0.39 is 0 Å². The van der Waals surface area contributed by atoms with Crippen molar-refractivity contribution in [2.45, 2.75) is 32.2 Å². The molecule has 0 bridgehead atoms. The minimum atomic E-state index is -0.389. The van der Waals surface area contributed by atoms with Gasteiger partial charge < -0.3 is 10.2 Å². The van der Waals surface area contributed by atoms with Crippen LogP contribution in [-0.4, -0.2) is 29.3 Å². The first kappa shape index (κ1) is 15.7. The lowest BCUT2D eigenvalue weighted by Gasteiger charge is -2.34. The second-order valence-electron chi connectivity index (χ2n) is 5.84. The highest BCUT2D eigenvalue weighted by Crippen LogP contribution is 2.23. The summed E-state index contributed by atoms with van der Waals surface area (Å²) in [7, 11) is 0. The Morgan fingerprint density at radius 2 is 1.96 bits per heavy atom. The van der Waals surface area contributed by atoms with Gasteiger partial charge in [-0.15, -0.1) is 11.3 Å². The van der Waals surface area contributed by atoms with Crippen LogP contribution in [0.1, 0.15) is 34.5 Å². The van der Waals surface area contributed by atoms with Crippen molar-refractivity contribution >= 4 is 28.8 Å². The predicted molar refractivity (Wildman–Crippen MR) is 92.8 cm³/mol. The quantitative estimate of drug-likeness (QED) is 0.934. The molecule has 5 heteroatoms. The Balaban J connectivity index is 1.74. The molecule has 1 aliphatic heterocycles. The number of aryl methyl sites for hydroxylation is 1. The minimum Gasteiger partial charge on any atom is -0.326 e. The van der Waals surface area contributed by atoms with Gasteiger partial charge in [-0.25, -0.2) is 0 Å². The summed E-state index contributed by atoms with van der Waals surface area (Å²) in [5.41, 5.74) is 1.92. The number of benzene rings is 1. The van der Waals surface area contributed by atoms with E-state index in [0.717, 1.165) is 30.5 Å². The summed E-state index contributed by atoms with van der Waals surface area (Å²) in [5.74, 6) is -0.137. The number of thiophene rings is 1. The van der Waals surface area contributed by atoms with Gasteiger partial charge in [-0.3, -0.25) is 9.59 Å². The van der Waals surface area contributed by atoms with Gasteiger partial charge in [-0.05, 0) is 49.8 Å². The maximum absolute atomic E-state index is 12.6. The molecule has 1 fully saturated rings. The number of anilines is 1. The number of nitrogens with one attached hydrogen (secondary N) is 1. The number of rotatable bonds is 3. The number of nitrogens with zero attached hydrogens (tertiary/aromatic N) is 1. The normalized spacial score (nSPS) is 17.8. The third-order valence-electron chi connectivity index (χ3n) is 4.12. The Kier molecular flexibility index (Phi) is 4.76. The summed E-state index contributed by atoms with van der Waals surface area (Å²) < 4.78 is 0. The van der Waals surface area contributed by atoms with Crippen LogP contribution in [0, 0.1) is 6.92 Å². The second kappa shape index (κ2) is 6.96. The largest absolute Gasteiger partial charge is 0.326 e. The topological polar surface area (TPSA) is 49.4 Å². The molecule has 1 aliphatic rings. The van der Waals surface area contributed by atoms with E-state index in [1.165, 1.54) is 11.3 Å². The zero-order valence-electron chi connectivity index (χ0n) is 13.1. The molecule has 0 aliphatic carbocycles. The molecular weight excluding hydrogens is 308 g/mol. The first-order chi connectivity index (χ1) is 11.1. The number of amides is 2. The molecule has 1 aromatic carbocycles. The van der Waals surface area contributed by atoms with E-state index in [9.17, 15) is 9.59 Å². The average molecular weight is 328 g/mol. The van der Waals surface area contributed by atoms with Crippen LogP contribution in [0.2, 0.25) is 0 Å². The van der Waals surface area contributed by atoms with E-state index in [0.29, 0.717) is 11.4 Å². The molecule has 3 rings (SSSR count). The van der Waals surface area contributed by atoms with Crippen molar-refractivity contribution in [1.82, 2.24) is 4.90 Å².